The molecule has 0 aliphatic rings. The van der Waals surface area contributed by atoms with Gasteiger partial charge in [-0.3, -0.25) is 24.7 Å². The predicted octanol–water partition coefficient (Wildman–Crippen LogP) is 4.59. The smallest absolute Gasteiger partial charge is 0.416 e. The lowest BCUT2D eigenvalue weighted by Crippen LogP contribution is -2.30. The Morgan fingerprint density at radius 3 is 2.35 bits per heavy atom. The Balaban J connectivity index is 1.99. The average Bonchev–Trinajstić information content (AvgIpc) is 2.77. The number of hydrogen-bond donors (Lipinski definition) is 1. The van der Waals surface area contributed by atoms with Crippen molar-refractivity contribution in [3.8, 4) is 5.75 Å². The molecule has 3 aromatic rings. The van der Waals surface area contributed by atoms with Crippen molar-refractivity contribution >= 4 is 17.6 Å². The number of halogens is 4. The van der Waals surface area contributed by atoms with Crippen molar-refractivity contribution < 1.29 is 36.8 Å². The number of amides is 1. The number of carbonyl (C=O) groups is 2. The first-order chi connectivity index (χ1) is 16.0. The molecule has 0 radical (unpaired) electrons. The molecule has 0 aliphatic heterocycles. The van der Waals surface area contributed by atoms with E-state index in [0.717, 1.165) is 55.5 Å². The summed E-state index contributed by atoms with van der Waals surface area (Å²) in [5.74, 6) is -2.94. The van der Waals surface area contributed by atoms with E-state index in [9.17, 15) is 37.3 Å². The van der Waals surface area contributed by atoms with Crippen molar-refractivity contribution in [2.45, 2.75) is 19.1 Å². The highest BCUT2D eigenvalue weighted by Gasteiger charge is 2.31. The lowest BCUT2D eigenvalue weighted by molar-refractivity contribution is -0.385. The van der Waals surface area contributed by atoms with Crippen LogP contribution >= 0.6 is 0 Å². The zero-order chi connectivity index (χ0) is 25.0. The molecule has 0 bridgehead atoms. The molecule has 1 heterocycles. The van der Waals surface area contributed by atoms with Gasteiger partial charge in [0.15, 0.2) is 0 Å². The third kappa shape index (κ3) is 5.52. The number of carbonyl (C=O) groups excluding carboxylic acids is 2. The lowest BCUT2D eigenvalue weighted by Gasteiger charge is -2.20. The molecule has 0 unspecified atom stereocenters. The summed E-state index contributed by atoms with van der Waals surface area (Å²) in [7, 11) is 0. The Hall–Kier alpha value is -4.35. The molecule has 176 valence electrons. The van der Waals surface area contributed by atoms with E-state index in [4.69, 9.17) is 4.74 Å². The molecule has 34 heavy (non-hydrogen) atoms. The minimum Gasteiger partial charge on any atom is -0.419 e. The van der Waals surface area contributed by atoms with E-state index in [2.05, 4.69) is 10.3 Å². The molecule has 1 atom stereocenters. The fourth-order valence-corrected chi connectivity index (χ4v) is 3.04. The SMILES string of the molecule is CC(=O)Oc1ccc(C(=O)N[C@@H](c2ccc(C(F)(F)F)cc2)c2ncccc2F)cc1[N+](=O)[O-]. The quantitative estimate of drug-likeness (QED) is 0.183. The largest absolute Gasteiger partial charge is 0.419 e. The van der Waals surface area contributed by atoms with Gasteiger partial charge in [-0.15, -0.1) is 0 Å². The summed E-state index contributed by atoms with van der Waals surface area (Å²) in [6.45, 7) is 1.04. The molecule has 0 fully saturated rings. The van der Waals surface area contributed by atoms with Crippen molar-refractivity contribution in [2.75, 3.05) is 0 Å². The summed E-state index contributed by atoms with van der Waals surface area (Å²) >= 11 is 0. The fourth-order valence-electron chi connectivity index (χ4n) is 3.04. The number of ether oxygens (including phenoxy) is 1. The molecular formula is C22H15F4N3O5. The standard InChI is InChI=1S/C22H15F4N3O5/c1-12(30)34-18-9-6-14(11-17(18)29(32)33)21(31)28-19(20-16(23)3-2-10-27-20)13-4-7-15(8-5-13)22(24,25)26/h2-11,19H,1H3,(H,28,31)/t19-/m0/s1. The van der Waals surface area contributed by atoms with Crippen molar-refractivity contribution in [3.63, 3.8) is 0 Å². The Morgan fingerprint density at radius 1 is 1.12 bits per heavy atom. The summed E-state index contributed by atoms with van der Waals surface area (Å²) < 4.78 is 58.0. The molecule has 1 aromatic heterocycles. The zero-order valence-corrected chi connectivity index (χ0v) is 17.3. The number of aromatic nitrogens is 1. The van der Waals surface area contributed by atoms with Crippen molar-refractivity contribution in [1.82, 2.24) is 10.3 Å². The van der Waals surface area contributed by atoms with Gasteiger partial charge < -0.3 is 10.1 Å². The number of pyridine rings is 1. The van der Waals surface area contributed by atoms with Gasteiger partial charge >= 0.3 is 17.8 Å². The van der Waals surface area contributed by atoms with Crippen LogP contribution in [0.3, 0.4) is 0 Å². The second kappa shape index (κ2) is 9.65. The van der Waals surface area contributed by atoms with Gasteiger partial charge in [-0.25, -0.2) is 4.39 Å². The Bertz CT molecular complexity index is 1250. The number of nitro groups is 1. The van der Waals surface area contributed by atoms with E-state index in [1.54, 1.807) is 0 Å². The van der Waals surface area contributed by atoms with Crippen LogP contribution in [0.25, 0.3) is 0 Å². The first-order valence-corrected chi connectivity index (χ1v) is 9.52. The Labute approximate surface area is 189 Å². The van der Waals surface area contributed by atoms with Gasteiger partial charge in [-0.2, -0.15) is 13.2 Å². The zero-order valence-electron chi connectivity index (χ0n) is 17.3. The van der Waals surface area contributed by atoms with Crippen LogP contribution in [0, 0.1) is 15.9 Å². The number of rotatable bonds is 6. The molecule has 1 amide bonds. The molecule has 3 rings (SSSR count). The van der Waals surface area contributed by atoms with Crippen LogP contribution in [0.2, 0.25) is 0 Å². The van der Waals surface area contributed by atoms with Gasteiger partial charge in [0.1, 0.15) is 11.5 Å². The molecule has 0 spiro atoms. The topological polar surface area (TPSA) is 111 Å². The molecule has 0 aliphatic carbocycles. The highest BCUT2D eigenvalue weighted by molar-refractivity contribution is 5.95. The normalized spacial score (nSPS) is 12.0. The number of benzene rings is 2. The summed E-state index contributed by atoms with van der Waals surface area (Å²) in [6.07, 6.45) is -3.36. The Kier molecular flexibility index (Phi) is 6.89. The third-order valence-corrected chi connectivity index (χ3v) is 4.58. The second-order valence-corrected chi connectivity index (χ2v) is 6.93. The van der Waals surface area contributed by atoms with Gasteiger partial charge in [-0.05, 0) is 42.0 Å². The van der Waals surface area contributed by atoms with Crippen molar-refractivity contribution in [2.24, 2.45) is 0 Å². The van der Waals surface area contributed by atoms with Crippen LogP contribution in [0.15, 0.2) is 60.8 Å². The molecule has 0 saturated carbocycles. The molecular weight excluding hydrogens is 462 g/mol. The van der Waals surface area contributed by atoms with Crippen LogP contribution in [-0.4, -0.2) is 21.8 Å². The third-order valence-electron chi connectivity index (χ3n) is 4.58. The van der Waals surface area contributed by atoms with E-state index in [1.807, 2.05) is 0 Å². The first-order valence-electron chi connectivity index (χ1n) is 9.52. The number of nitro benzene ring substituents is 1. The molecule has 0 saturated heterocycles. The van der Waals surface area contributed by atoms with Crippen LogP contribution in [0.5, 0.6) is 5.75 Å². The number of nitrogens with one attached hydrogen (secondary N) is 1. The molecule has 12 heteroatoms. The minimum atomic E-state index is -4.60. The van der Waals surface area contributed by atoms with Gasteiger partial charge in [0.2, 0.25) is 5.75 Å². The van der Waals surface area contributed by atoms with E-state index < -0.39 is 46.1 Å². The average molecular weight is 477 g/mol. The van der Waals surface area contributed by atoms with E-state index in [1.165, 1.54) is 12.3 Å². The lowest BCUT2D eigenvalue weighted by atomic mass is 10.00. The van der Waals surface area contributed by atoms with E-state index in [-0.39, 0.29) is 22.6 Å². The first kappa shape index (κ1) is 24.3. The molecule has 2 aromatic carbocycles. The van der Waals surface area contributed by atoms with E-state index in [0.29, 0.717) is 0 Å². The monoisotopic (exact) mass is 477 g/mol. The molecule has 8 nitrogen and oxygen atoms in total. The van der Waals surface area contributed by atoms with Crippen LogP contribution in [0.4, 0.5) is 23.2 Å². The van der Waals surface area contributed by atoms with Gasteiger partial charge in [0.25, 0.3) is 5.91 Å². The Morgan fingerprint density at radius 2 is 1.79 bits per heavy atom. The number of nitrogens with zero attached hydrogens (tertiary/aromatic N) is 2. The summed E-state index contributed by atoms with van der Waals surface area (Å²) in [5, 5.41) is 13.8. The van der Waals surface area contributed by atoms with Gasteiger partial charge in [0.05, 0.1) is 16.5 Å². The maximum absolute atomic E-state index is 14.5. The highest BCUT2D eigenvalue weighted by atomic mass is 19.4. The van der Waals surface area contributed by atoms with Crippen molar-refractivity contribution in [3.05, 3.63) is 99.1 Å². The predicted molar refractivity (Wildman–Crippen MR) is 109 cm³/mol. The fraction of sp³-hybridized carbons (Fsp3) is 0.136. The summed E-state index contributed by atoms with van der Waals surface area (Å²) in [5.41, 5.74) is -2.04. The van der Waals surface area contributed by atoms with Crippen LogP contribution < -0.4 is 10.1 Å². The second-order valence-electron chi connectivity index (χ2n) is 6.93. The summed E-state index contributed by atoms with van der Waals surface area (Å²) in [4.78, 5) is 38.4. The maximum atomic E-state index is 14.5. The summed E-state index contributed by atoms with van der Waals surface area (Å²) in [6, 6.07) is 7.74. The highest BCUT2D eigenvalue weighted by Crippen LogP contribution is 2.32. The maximum Gasteiger partial charge on any atom is 0.416 e. The molecule has 1 N–H and O–H groups in total. The minimum absolute atomic E-state index is 0.0879. The van der Waals surface area contributed by atoms with Gasteiger partial charge in [-0.1, -0.05) is 12.1 Å². The van der Waals surface area contributed by atoms with Crippen LogP contribution in [0.1, 0.15) is 40.1 Å². The number of hydrogen-bond acceptors (Lipinski definition) is 6. The van der Waals surface area contributed by atoms with Crippen molar-refractivity contribution in [1.29, 1.82) is 0 Å². The van der Waals surface area contributed by atoms with Gasteiger partial charge in [0, 0.05) is 24.8 Å². The number of esters is 1. The van der Waals surface area contributed by atoms with E-state index >= 15 is 0 Å². The van der Waals surface area contributed by atoms with Crippen LogP contribution in [-0.2, 0) is 11.0 Å². The number of alkyl halides is 3.